The molecule has 0 aliphatic carbocycles. The summed E-state index contributed by atoms with van der Waals surface area (Å²) in [6.07, 6.45) is 0. The molecule has 0 unspecified atom stereocenters. The maximum Gasteiger partial charge on any atom is 0.281 e. The number of thiocarbonyl (C=S) groups is 1. The molecule has 6 nitrogen and oxygen atoms in total. The molecule has 2 rings (SSSR count). The minimum atomic E-state index is -3.95. The monoisotopic (exact) mass is 348 g/mol. The Balaban J connectivity index is 2.06. The van der Waals surface area contributed by atoms with Crippen molar-refractivity contribution in [1.29, 1.82) is 0 Å². The van der Waals surface area contributed by atoms with Gasteiger partial charge in [0.05, 0.1) is 4.90 Å². The van der Waals surface area contributed by atoms with E-state index in [9.17, 15) is 13.5 Å². The van der Waals surface area contributed by atoms with Crippen LogP contribution in [0.2, 0.25) is 0 Å². The van der Waals surface area contributed by atoms with Gasteiger partial charge in [0.1, 0.15) is 0 Å². The van der Waals surface area contributed by atoms with Crippen molar-refractivity contribution < 1.29 is 13.5 Å². The Kier molecular flexibility index (Phi) is 5.30. The van der Waals surface area contributed by atoms with Crippen LogP contribution in [0.1, 0.15) is 6.92 Å². The highest BCUT2D eigenvalue weighted by Crippen LogP contribution is 2.16. The van der Waals surface area contributed by atoms with Gasteiger partial charge in [0, 0.05) is 11.4 Å². The Hall–Kier alpha value is -2.45. The van der Waals surface area contributed by atoms with Crippen molar-refractivity contribution in [3.8, 4) is 0 Å². The van der Waals surface area contributed by atoms with Gasteiger partial charge in [-0.05, 0) is 61.4 Å². The fourth-order valence-electron chi connectivity index (χ4n) is 1.75. The maximum atomic E-state index is 11.8. The van der Waals surface area contributed by atoms with Gasteiger partial charge in [0.15, 0.2) is 5.11 Å². The standard InChI is InChI=1S/C15H15N3O3S2/c1-11(19)18-23(20,21)14-9-7-13(8-10-14)17-15(22)16-12-5-3-2-4-6-12/h2-10H,1H3,(H,18,19)(H2,16,17,22)/p-1. The van der Waals surface area contributed by atoms with Crippen LogP contribution >= 0.6 is 12.2 Å². The fourth-order valence-corrected chi connectivity index (χ4v) is 2.91. The Morgan fingerprint density at radius 2 is 1.52 bits per heavy atom. The molecule has 0 fully saturated rings. The van der Waals surface area contributed by atoms with E-state index in [0.29, 0.717) is 10.8 Å². The second kappa shape index (κ2) is 7.21. The zero-order valence-corrected chi connectivity index (χ0v) is 13.8. The molecule has 120 valence electrons. The molecular weight excluding hydrogens is 334 g/mol. The van der Waals surface area contributed by atoms with Crippen LogP contribution in [0.25, 0.3) is 0 Å². The second-order valence-electron chi connectivity index (χ2n) is 4.55. The van der Waals surface area contributed by atoms with E-state index in [-0.39, 0.29) is 4.90 Å². The number of para-hydroxylation sites is 1. The Morgan fingerprint density at radius 3 is 2.04 bits per heavy atom. The highest BCUT2D eigenvalue weighted by molar-refractivity contribution is 7.90. The molecule has 2 aromatic rings. The first-order valence-corrected chi connectivity index (χ1v) is 8.43. The van der Waals surface area contributed by atoms with Crippen LogP contribution in [0.4, 0.5) is 11.4 Å². The summed E-state index contributed by atoms with van der Waals surface area (Å²) in [7, 11) is -3.95. The lowest BCUT2D eigenvalue weighted by Gasteiger charge is -2.11. The van der Waals surface area contributed by atoms with Gasteiger partial charge in [0.25, 0.3) is 10.0 Å². The van der Waals surface area contributed by atoms with Crippen molar-refractivity contribution in [2.24, 2.45) is 4.40 Å². The number of hydrogen-bond acceptors (Lipinski definition) is 4. The maximum absolute atomic E-state index is 11.8. The number of rotatable bonds is 4. The first kappa shape index (κ1) is 16.9. The lowest BCUT2D eigenvalue weighted by Crippen LogP contribution is -2.19. The highest BCUT2D eigenvalue weighted by atomic mass is 32.2. The molecule has 0 amide bonds. The van der Waals surface area contributed by atoms with E-state index in [0.717, 1.165) is 12.6 Å². The Bertz CT molecular complexity index is 813. The van der Waals surface area contributed by atoms with Gasteiger partial charge < -0.3 is 15.7 Å². The van der Waals surface area contributed by atoms with E-state index >= 15 is 0 Å². The third kappa shape index (κ3) is 5.04. The van der Waals surface area contributed by atoms with Gasteiger partial charge in [-0.3, -0.25) is 0 Å². The minimum absolute atomic E-state index is 0.0554. The van der Waals surface area contributed by atoms with Crippen LogP contribution in [0.3, 0.4) is 0 Å². The average Bonchev–Trinajstić information content (AvgIpc) is 2.47. The van der Waals surface area contributed by atoms with E-state index in [4.69, 9.17) is 12.2 Å². The van der Waals surface area contributed by atoms with Gasteiger partial charge >= 0.3 is 0 Å². The molecule has 0 saturated heterocycles. The lowest BCUT2D eigenvalue weighted by atomic mass is 10.3. The topological polar surface area (TPSA) is 93.6 Å². The smallest absolute Gasteiger partial charge is 0.281 e. The van der Waals surface area contributed by atoms with E-state index in [1.165, 1.54) is 12.1 Å². The largest absolute Gasteiger partial charge is 0.861 e. The number of nitrogens with one attached hydrogen (secondary N) is 2. The molecule has 23 heavy (non-hydrogen) atoms. The molecule has 0 aliphatic heterocycles. The van der Waals surface area contributed by atoms with Crippen LogP contribution in [0.5, 0.6) is 0 Å². The molecule has 0 saturated carbocycles. The van der Waals surface area contributed by atoms with E-state index in [2.05, 4.69) is 15.0 Å². The van der Waals surface area contributed by atoms with Gasteiger partial charge in [-0.2, -0.15) is 12.8 Å². The van der Waals surface area contributed by atoms with E-state index in [1.54, 1.807) is 12.1 Å². The molecule has 0 radical (unpaired) electrons. The van der Waals surface area contributed by atoms with Crippen molar-refractivity contribution in [1.82, 2.24) is 0 Å². The molecule has 2 aromatic carbocycles. The fraction of sp³-hybridized carbons (Fsp3) is 0.0667. The van der Waals surface area contributed by atoms with Gasteiger partial charge in [0.2, 0.25) is 0 Å². The van der Waals surface area contributed by atoms with Gasteiger partial charge in [-0.15, -0.1) is 0 Å². The number of hydrogen-bond donors (Lipinski definition) is 2. The van der Waals surface area contributed by atoms with Crippen LogP contribution < -0.4 is 15.7 Å². The summed E-state index contributed by atoms with van der Waals surface area (Å²) in [5.41, 5.74) is 1.45. The summed E-state index contributed by atoms with van der Waals surface area (Å²) in [6.45, 7) is 1.08. The molecule has 0 spiro atoms. The van der Waals surface area contributed by atoms with Crippen molar-refractivity contribution in [2.75, 3.05) is 10.6 Å². The van der Waals surface area contributed by atoms with Gasteiger partial charge in [-0.25, -0.2) is 0 Å². The molecule has 0 bridgehead atoms. The quantitative estimate of drug-likeness (QED) is 0.498. The predicted octanol–water partition coefficient (Wildman–Crippen LogP) is 1.96. The molecular formula is C15H14N3O3S2-. The number of benzene rings is 2. The van der Waals surface area contributed by atoms with Crippen LogP contribution in [-0.2, 0) is 10.0 Å². The summed E-state index contributed by atoms with van der Waals surface area (Å²) >= 11 is 5.18. The number of anilines is 2. The number of sulfonamides is 1. The average molecular weight is 348 g/mol. The van der Waals surface area contributed by atoms with E-state index in [1.807, 2.05) is 30.3 Å². The predicted molar refractivity (Wildman–Crippen MR) is 93.0 cm³/mol. The first-order valence-electron chi connectivity index (χ1n) is 6.58. The summed E-state index contributed by atoms with van der Waals surface area (Å²) in [4.78, 5) is -0.0554. The molecule has 2 N–H and O–H groups in total. The Morgan fingerprint density at radius 1 is 1.00 bits per heavy atom. The van der Waals surface area contributed by atoms with Crippen molar-refractivity contribution >= 4 is 44.6 Å². The van der Waals surface area contributed by atoms with Gasteiger partial charge in [-0.1, -0.05) is 18.2 Å². The molecule has 8 heteroatoms. The summed E-state index contributed by atoms with van der Waals surface area (Å²) in [5, 5.41) is 17.1. The molecule has 0 aromatic heterocycles. The second-order valence-corrected chi connectivity index (χ2v) is 6.57. The van der Waals surface area contributed by atoms with Crippen molar-refractivity contribution in [3.63, 3.8) is 0 Å². The molecule has 0 aliphatic rings. The van der Waals surface area contributed by atoms with Crippen LogP contribution in [0.15, 0.2) is 63.9 Å². The third-order valence-electron chi connectivity index (χ3n) is 2.69. The zero-order chi connectivity index (χ0) is 16.9. The number of nitrogens with zero attached hydrogens (tertiary/aromatic N) is 1. The third-order valence-corrected chi connectivity index (χ3v) is 4.26. The zero-order valence-electron chi connectivity index (χ0n) is 12.2. The molecule has 0 heterocycles. The lowest BCUT2D eigenvalue weighted by molar-refractivity contribution is -0.215. The summed E-state index contributed by atoms with van der Waals surface area (Å²) in [5.74, 6) is -0.763. The summed E-state index contributed by atoms with van der Waals surface area (Å²) in [6, 6.07) is 15.2. The van der Waals surface area contributed by atoms with Crippen LogP contribution in [0, 0.1) is 0 Å². The highest BCUT2D eigenvalue weighted by Gasteiger charge is 2.11. The first-order chi connectivity index (χ1) is 10.9. The van der Waals surface area contributed by atoms with Crippen molar-refractivity contribution in [3.05, 3.63) is 54.6 Å². The minimum Gasteiger partial charge on any atom is -0.861 e. The normalized spacial score (nSPS) is 11.8. The van der Waals surface area contributed by atoms with E-state index < -0.39 is 15.9 Å². The Labute approximate surface area is 139 Å². The summed E-state index contributed by atoms with van der Waals surface area (Å²) < 4.78 is 26.6. The van der Waals surface area contributed by atoms with Crippen molar-refractivity contribution in [2.45, 2.75) is 11.8 Å². The SMILES string of the molecule is CC([O-])=NS(=O)(=O)c1ccc(NC(=S)Nc2ccccc2)cc1. The molecule has 0 atom stereocenters. The van der Waals surface area contributed by atoms with Crippen LogP contribution in [-0.4, -0.2) is 19.4 Å².